The van der Waals surface area contributed by atoms with Gasteiger partial charge >= 0.3 is 12.0 Å². The van der Waals surface area contributed by atoms with E-state index in [2.05, 4.69) is 10.4 Å². The molecular formula is C17H19FN4O3. The minimum Gasteiger partial charge on any atom is -0.480 e. The van der Waals surface area contributed by atoms with Crippen LogP contribution in [0.4, 0.5) is 9.18 Å². The second-order valence-electron chi connectivity index (χ2n) is 6.23. The second-order valence-corrected chi connectivity index (χ2v) is 6.23. The number of hydrogen-bond donors (Lipinski definition) is 2. The van der Waals surface area contributed by atoms with Crippen molar-refractivity contribution in [2.45, 2.75) is 25.4 Å². The van der Waals surface area contributed by atoms with Crippen LogP contribution in [-0.2, 0) is 11.3 Å². The lowest BCUT2D eigenvalue weighted by molar-refractivity contribution is -0.139. The number of amides is 2. The summed E-state index contributed by atoms with van der Waals surface area (Å²) in [5.74, 6) is -1.30. The van der Waals surface area contributed by atoms with Crippen LogP contribution in [0.5, 0.6) is 0 Å². The van der Waals surface area contributed by atoms with Crippen molar-refractivity contribution in [1.82, 2.24) is 20.0 Å². The number of carbonyl (C=O) groups excluding carboxylic acids is 1. The number of aliphatic carboxylic acids is 1. The Labute approximate surface area is 144 Å². The first-order chi connectivity index (χ1) is 11.9. The summed E-state index contributed by atoms with van der Waals surface area (Å²) in [6.07, 6.45) is 5.01. The fraction of sp³-hybridized carbons (Fsp3) is 0.353. The monoisotopic (exact) mass is 346 g/mol. The molecule has 1 fully saturated rings. The Morgan fingerprint density at radius 1 is 1.40 bits per heavy atom. The fourth-order valence-corrected chi connectivity index (χ4v) is 2.58. The van der Waals surface area contributed by atoms with Crippen LogP contribution in [0.25, 0.3) is 5.69 Å². The van der Waals surface area contributed by atoms with Gasteiger partial charge < -0.3 is 15.3 Å². The van der Waals surface area contributed by atoms with E-state index in [9.17, 15) is 19.1 Å². The maximum Gasteiger partial charge on any atom is 0.326 e. The number of carboxylic acid groups (broad SMARTS) is 1. The van der Waals surface area contributed by atoms with E-state index < -0.39 is 18.0 Å². The van der Waals surface area contributed by atoms with Crippen LogP contribution in [0.1, 0.15) is 18.4 Å². The van der Waals surface area contributed by atoms with Gasteiger partial charge in [0.25, 0.3) is 0 Å². The third kappa shape index (κ3) is 4.14. The van der Waals surface area contributed by atoms with E-state index in [-0.39, 0.29) is 18.3 Å². The minimum atomic E-state index is -1.01. The highest BCUT2D eigenvalue weighted by atomic mass is 19.1. The lowest BCUT2D eigenvalue weighted by atomic mass is 10.2. The molecule has 0 saturated heterocycles. The maximum absolute atomic E-state index is 13.0. The molecule has 1 aliphatic carbocycles. The third-order valence-corrected chi connectivity index (χ3v) is 4.13. The molecule has 0 bridgehead atoms. The summed E-state index contributed by atoms with van der Waals surface area (Å²) < 4.78 is 14.6. The molecule has 0 radical (unpaired) electrons. The van der Waals surface area contributed by atoms with Crippen LogP contribution >= 0.6 is 0 Å². The van der Waals surface area contributed by atoms with Crippen molar-refractivity contribution in [1.29, 1.82) is 0 Å². The fourth-order valence-electron chi connectivity index (χ4n) is 2.58. The minimum absolute atomic E-state index is 0.0241. The average Bonchev–Trinajstić information content (AvgIpc) is 3.31. The molecule has 2 amide bonds. The topological polar surface area (TPSA) is 87.5 Å². The molecule has 8 heteroatoms. The summed E-state index contributed by atoms with van der Waals surface area (Å²) in [6, 6.07) is 4.64. The van der Waals surface area contributed by atoms with Gasteiger partial charge in [0.15, 0.2) is 0 Å². The third-order valence-electron chi connectivity index (χ3n) is 4.13. The zero-order chi connectivity index (χ0) is 18.0. The first kappa shape index (κ1) is 16.9. The molecule has 2 N–H and O–H groups in total. The van der Waals surface area contributed by atoms with Crippen molar-refractivity contribution in [3.63, 3.8) is 0 Å². The maximum atomic E-state index is 13.0. The van der Waals surface area contributed by atoms with Gasteiger partial charge in [0.2, 0.25) is 0 Å². The number of urea groups is 1. The van der Waals surface area contributed by atoms with Gasteiger partial charge in [0.1, 0.15) is 11.9 Å². The molecule has 1 heterocycles. The van der Waals surface area contributed by atoms with Crippen LogP contribution in [0, 0.1) is 11.7 Å². The number of nitrogens with one attached hydrogen (secondary N) is 1. The van der Waals surface area contributed by atoms with Crippen molar-refractivity contribution in [3.8, 4) is 5.69 Å². The van der Waals surface area contributed by atoms with Gasteiger partial charge in [-0.2, -0.15) is 5.10 Å². The number of carbonyl (C=O) groups is 2. The van der Waals surface area contributed by atoms with E-state index in [1.165, 1.54) is 17.0 Å². The number of carboxylic acids is 1. The summed E-state index contributed by atoms with van der Waals surface area (Å²) in [6.45, 7) is 0.282. The molecule has 1 saturated carbocycles. The molecule has 1 aliphatic rings. The number of rotatable bonds is 6. The van der Waals surface area contributed by atoms with Crippen molar-refractivity contribution in [2.24, 2.45) is 5.92 Å². The highest BCUT2D eigenvalue weighted by Crippen LogP contribution is 2.32. The summed E-state index contributed by atoms with van der Waals surface area (Å²) in [5, 5.41) is 15.9. The number of benzene rings is 1. The Morgan fingerprint density at radius 3 is 2.68 bits per heavy atom. The molecule has 25 heavy (non-hydrogen) atoms. The number of hydrogen-bond acceptors (Lipinski definition) is 3. The zero-order valence-corrected chi connectivity index (χ0v) is 13.7. The molecule has 2 aromatic rings. The molecule has 1 aromatic carbocycles. The first-order valence-electron chi connectivity index (χ1n) is 7.98. The normalized spacial score (nSPS) is 14.8. The molecule has 1 atom stereocenters. The van der Waals surface area contributed by atoms with Crippen LogP contribution < -0.4 is 5.32 Å². The van der Waals surface area contributed by atoms with Gasteiger partial charge in [-0.3, -0.25) is 0 Å². The Balaban J connectivity index is 1.61. The number of halogens is 1. The Bertz CT molecular complexity index is 770. The SMILES string of the molecule is CN(Cc1cnn(-c2ccc(F)cc2)c1)C(=O)N[C@H](C(=O)O)C1CC1. The van der Waals surface area contributed by atoms with Gasteiger partial charge in [-0.25, -0.2) is 18.7 Å². The van der Waals surface area contributed by atoms with Crippen molar-refractivity contribution >= 4 is 12.0 Å². The van der Waals surface area contributed by atoms with Gasteiger partial charge in [0.05, 0.1) is 18.4 Å². The molecule has 0 aliphatic heterocycles. The van der Waals surface area contributed by atoms with Crippen LogP contribution in [-0.4, -0.2) is 44.9 Å². The molecule has 132 valence electrons. The number of nitrogens with zero attached hydrogens (tertiary/aromatic N) is 3. The predicted molar refractivity (Wildman–Crippen MR) is 87.7 cm³/mol. The van der Waals surface area contributed by atoms with Gasteiger partial charge in [-0.1, -0.05) is 0 Å². The highest BCUT2D eigenvalue weighted by molar-refractivity contribution is 5.83. The van der Waals surface area contributed by atoms with Gasteiger partial charge in [-0.15, -0.1) is 0 Å². The average molecular weight is 346 g/mol. The Hall–Kier alpha value is -2.90. The Morgan fingerprint density at radius 2 is 2.08 bits per heavy atom. The van der Waals surface area contributed by atoms with Crippen molar-refractivity contribution < 1.29 is 19.1 Å². The second kappa shape index (κ2) is 6.92. The van der Waals surface area contributed by atoms with E-state index in [1.807, 2.05) is 0 Å². The van der Waals surface area contributed by atoms with Crippen LogP contribution in [0.3, 0.4) is 0 Å². The van der Waals surface area contributed by atoms with Gasteiger partial charge in [0, 0.05) is 18.8 Å². The quantitative estimate of drug-likeness (QED) is 0.838. The standard InChI is InChI=1S/C17H19FN4O3/c1-21(17(25)20-15(16(23)24)12-2-3-12)9-11-8-19-22(10-11)14-6-4-13(18)5-7-14/h4-8,10,12,15H,2-3,9H2,1H3,(H,20,25)(H,23,24)/t15-/m0/s1. The zero-order valence-electron chi connectivity index (χ0n) is 13.7. The molecule has 0 unspecified atom stereocenters. The van der Waals surface area contributed by atoms with E-state index in [4.69, 9.17) is 0 Å². The van der Waals surface area contributed by atoms with E-state index in [1.54, 1.807) is 36.3 Å². The smallest absolute Gasteiger partial charge is 0.326 e. The Kier molecular flexibility index (Phi) is 4.69. The van der Waals surface area contributed by atoms with Crippen molar-refractivity contribution in [3.05, 3.63) is 48.0 Å². The first-order valence-corrected chi connectivity index (χ1v) is 7.98. The summed E-state index contributed by atoms with van der Waals surface area (Å²) in [5.41, 5.74) is 1.49. The molecule has 3 rings (SSSR count). The largest absolute Gasteiger partial charge is 0.480 e. The van der Waals surface area contributed by atoms with Crippen LogP contribution in [0.2, 0.25) is 0 Å². The van der Waals surface area contributed by atoms with Crippen molar-refractivity contribution in [2.75, 3.05) is 7.05 Å². The van der Waals surface area contributed by atoms with E-state index >= 15 is 0 Å². The molecule has 7 nitrogen and oxygen atoms in total. The van der Waals surface area contributed by atoms with Gasteiger partial charge in [-0.05, 0) is 43.0 Å². The lowest BCUT2D eigenvalue weighted by Crippen LogP contribution is -2.47. The lowest BCUT2D eigenvalue weighted by Gasteiger charge is -2.20. The highest BCUT2D eigenvalue weighted by Gasteiger charge is 2.37. The molecular weight excluding hydrogens is 327 g/mol. The summed E-state index contributed by atoms with van der Waals surface area (Å²) >= 11 is 0. The predicted octanol–water partition coefficient (Wildman–Crippen LogP) is 2.02. The van der Waals surface area contributed by atoms with Crippen LogP contribution in [0.15, 0.2) is 36.7 Å². The number of aromatic nitrogens is 2. The van der Waals surface area contributed by atoms with E-state index in [0.29, 0.717) is 5.69 Å². The van der Waals surface area contributed by atoms with E-state index in [0.717, 1.165) is 18.4 Å². The molecule has 0 spiro atoms. The molecule has 1 aromatic heterocycles. The summed E-state index contributed by atoms with van der Waals surface area (Å²) in [7, 11) is 1.59. The summed E-state index contributed by atoms with van der Waals surface area (Å²) in [4.78, 5) is 24.8.